The first-order valence-corrected chi connectivity index (χ1v) is 21.5. The highest BCUT2D eigenvalue weighted by Gasteiger charge is 2.30. The van der Waals surface area contributed by atoms with E-state index in [4.69, 9.17) is 14.3 Å². The molecule has 0 aliphatic carbocycles. The average Bonchev–Trinajstić information content (AvgIpc) is 3.00. The molecule has 0 amide bonds. The molecule has 2 rings (SSSR count). The zero-order chi connectivity index (χ0) is 37.6. The van der Waals surface area contributed by atoms with Crippen molar-refractivity contribution in [2.75, 3.05) is 6.61 Å². The second-order valence-electron chi connectivity index (χ2n) is 19.3. The Balaban J connectivity index is 2.00. The first kappa shape index (κ1) is 44.9. The molecule has 2 aromatic rings. The van der Waals surface area contributed by atoms with Gasteiger partial charge in [0.05, 0.1) is 6.61 Å². The third kappa shape index (κ3) is 16.2. The SMILES string of the molecule is CC(C)(C)c1ccc(C(CCCCCCCCCCCCCCCCCOP(O)O)c2ccc(C(C)(C)C)cc2C(C)(C)C)c(C(C)(C)C)c1. The Morgan fingerprint density at radius 1 is 0.460 bits per heavy atom. The monoisotopic (exact) mass is 711 g/mol. The van der Waals surface area contributed by atoms with E-state index in [9.17, 15) is 0 Å². The Bertz CT molecular complexity index is 1160. The summed E-state index contributed by atoms with van der Waals surface area (Å²) in [5.74, 6) is 0.400. The smallest absolute Gasteiger partial charge is 0.327 e. The predicted octanol–water partition coefficient (Wildman–Crippen LogP) is 14.5. The summed E-state index contributed by atoms with van der Waals surface area (Å²) in [5, 5.41) is 0. The molecule has 0 spiro atoms. The van der Waals surface area contributed by atoms with E-state index in [1.165, 1.54) is 123 Å². The van der Waals surface area contributed by atoms with Crippen LogP contribution in [0.4, 0.5) is 0 Å². The van der Waals surface area contributed by atoms with E-state index in [2.05, 4.69) is 119 Å². The minimum Gasteiger partial charge on any atom is -0.328 e. The molecule has 50 heavy (non-hydrogen) atoms. The summed E-state index contributed by atoms with van der Waals surface area (Å²) in [6.07, 6.45) is 20.6. The van der Waals surface area contributed by atoms with Gasteiger partial charge in [-0.2, -0.15) is 0 Å². The number of rotatable bonds is 21. The van der Waals surface area contributed by atoms with Crippen LogP contribution in [-0.4, -0.2) is 16.4 Å². The summed E-state index contributed by atoms with van der Waals surface area (Å²) in [4.78, 5) is 17.5. The molecular formula is C46H79O3P. The van der Waals surface area contributed by atoms with Gasteiger partial charge in [0.2, 0.25) is 0 Å². The fourth-order valence-corrected chi connectivity index (χ4v) is 7.62. The third-order valence-corrected chi connectivity index (χ3v) is 11.0. The lowest BCUT2D eigenvalue weighted by atomic mass is 9.70. The highest BCUT2D eigenvalue weighted by atomic mass is 31.2. The predicted molar refractivity (Wildman–Crippen MR) is 221 cm³/mol. The summed E-state index contributed by atoms with van der Waals surface area (Å²) >= 11 is 0. The van der Waals surface area contributed by atoms with Crippen LogP contribution in [0.15, 0.2) is 36.4 Å². The molecule has 0 atom stereocenters. The third-order valence-electron chi connectivity index (χ3n) is 10.5. The first-order valence-electron chi connectivity index (χ1n) is 20.3. The van der Waals surface area contributed by atoms with E-state index in [0.29, 0.717) is 12.5 Å². The van der Waals surface area contributed by atoms with Crippen molar-refractivity contribution in [3.63, 3.8) is 0 Å². The van der Waals surface area contributed by atoms with E-state index in [1.54, 1.807) is 0 Å². The maximum Gasteiger partial charge on any atom is 0.327 e. The highest BCUT2D eigenvalue weighted by Crippen LogP contribution is 2.43. The van der Waals surface area contributed by atoms with Gasteiger partial charge in [0.25, 0.3) is 0 Å². The van der Waals surface area contributed by atoms with Crippen molar-refractivity contribution in [2.45, 2.75) is 213 Å². The standard InChI is InChI=1S/C46H79O3P/c1-43(2,3)36-29-31-39(41(34-36)45(7,8)9)38(40-32-30-37(44(4,5)6)35-42(40)46(10,11)12)28-26-24-22-20-18-16-14-13-15-17-19-21-23-25-27-33-49-50(47)48/h29-32,34-35,38,47-48H,13-28,33H2,1-12H3. The van der Waals surface area contributed by atoms with Crippen molar-refractivity contribution in [3.8, 4) is 0 Å². The van der Waals surface area contributed by atoms with Gasteiger partial charge in [0.15, 0.2) is 0 Å². The maximum absolute atomic E-state index is 8.77. The molecule has 0 aliphatic heterocycles. The Morgan fingerprint density at radius 3 is 1.08 bits per heavy atom. The minimum absolute atomic E-state index is 0.0747. The van der Waals surface area contributed by atoms with Gasteiger partial charge in [0, 0.05) is 5.92 Å². The lowest BCUT2D eigenvalue weighted by Crippen LogP contribution is -2.23. The quantitative estimate of drug-likeness (QED) is 0.100. The van der Waals surface area contributed by atoms with Crippen LogP contribution in [0.3, 0.4) is 0 Å². The van der Waals surface area contributed by atoms with Crippen LogP contribution in [0, 0.1) is 0 Å². The topological polar surface area (TPSA) is 49.7 Å². The fraction of sp³-hybridized carbons (Fsp3) is 0.739. The molecule has 0 heterocycles. The molecule has 0 bridgehead atoms. The first-order chi connectivity index (χ1) is 23.2. The van der Waals surface area contributed by atoms with Crippen molar-refractivity contribution in [1.82, 2.24) is 0 Å². The van der Waals surface area contributed by atoms with Crippen LogP contribution in [0.2, 0.25) is 0 Å². The molecule has 2 N–H and O–H groups in total. The van der Waals surface area contributed by atoms with Gasteiger partial charge in [-0.25, -0.2) is 0 Å². The van der Waals surface area contributed by atoms with Crippen LogP contribution < -0.4 is 0 Å². The Labute approximate surface area is 311 Å². The molecule has 0 radical (unpaired) electrons. The van der Waals surface area contributed by atoms with Gasteiger partial charge in [-0.05, 0) is 67.9 Å². The number of unbranched alkanes of at least 4 members (excludes halogenated alkanes) is 14. The van der Waals surface area contributed by atoms with Crippen molar-refractivity contribution in [3.05, 3.63) is 69.8 Å². The second-order valence-corrected chi connectivity index (χ2v) is 20.1. The molecule has 3 nitrogen and oxygen atoms in total. The van der Waals surface area contributed by atoms with Crippen molar-refractivity contribution >= 4 is 8.60 Å². The van der Waals surface area contributed by atoms with Gasteiger partial charge in [0.1, 0.15) is 0 Å². The summed E-state index contributed by atoms with van der Waals surface area (Å²) in [6, 6.07) is 14.9. The highest BCUT2D eigenvalue weighted by molar-refractivity contribution is 7.39. The molecule has 0 saturated heterocycles. The zero-order valence-corrected chi connectivity index (χ0v) is 35.7. The summed E-state index contributed by atoms with van der Waals surface area (Å²) < 4.78 is 4.83. The summed E-state index contributed by atoms with van der Waals surface area (Å²) in [6.45, 7) is 28.9. The Hall–Kier alpha value is -1.25. The molecule has 0 aromatic heterocycles. The minimum atomic E-state index is -2.18. The van der Waals surface area contributed by atoms with Crippen LogP contribution in [0.1, 0.15) is 225 Å². The van der Waals surface area contributed by atoms with E-state index in [0.717, 1.165) is 12.8 Å². The number of hydrogen-bond donors (Lipinski definition) is 2. The zero-order valence-electron chi connectivity index (χ0n) is 34.8. The van der Waals surface area contributed by atoms with E-state index in [-0.39, 0.29) is 21.7 Å². The van der Waals surface area contributed by atoms with Crippen molar-refractivity contribution in [2.24, 2.45) is 0 Å². The van der Waals surface area contributed by atoms with Crippen LogP contribution >= 0.6 is 8.60 Å². The normalized spacial score (nSPS) is 13.2. The largest absolute Gasteiger partial charge is 0.328 e. The fourth-order valence-electron chi connectivity index (χ4n) is 7.33. The number of benzene rings is 2. The Kier molecular flexibility index (Phi) is 18.7. The van der Waals surface area contributed by atoms with Crippen molar-refractivity contribution in [1.29, 1.82) is 0 Å². The molecular weight excluding hydrogens is 631 g/mol. The van der Waals surface area contributed by atoms with Gasteiger partial charge < -0.3 is 14.3 Å². The molecule has 0 saturated carbocycles. The maximum atomic E-state index is 8.77. The van der Waals surface area contributed by atoms with Gasteiger partial charge in [-0.1, -0.05) is 209 Å². The molecule has 0 unspecified atom stereocenters. The number of hydrogen-bond acceptors (Lipinski definition) is 3. The van der Waals surface area contributed by atoms with Gasteiger partial charge in [-0.15, -0.1) is 0 Å². The Morgan fingerprint density at radius 2 is 0.780 bits per heavy atom. The lowest BCUT2D eigenvalue weighted by molar-refractivity contribution is 0.248. The van der Waals surface area contributed by atoms with E-state index in [1.807, 2.05) is 0 Å². The molecule has 286 valence electrons. The molecule has 0 aliphatic rings. The van der Waals surface area contributed by atoms with Gasteiger partial charge in [-0.3, -0.25) is 0 Å². The van der Waals surface area contributed by atoms with E-state index >= 15 is 0 Å². The van der Waals surface area contributed by atoms with Crippen LogP contribution in [0.25, 0.3) is 0 Å². The molecule has 0 fully saturated rings. The average molecular weight is 711 g/mol. The lowest BCUT2D eigenvalue weighted by Gasteiger charge is -2.34. The van der Waals surface area contributed by atoms with Crippen molar-refractivity contribution < 1.29 is 14.3 Å². The van der Waals surface area contributed by atoms with Crippen LogP contribution in [0.5, 0.6) is 0 Å². The molecule has 4 heteroatoms. The summed E-state index contributed by atoms with van der Waals surface area (Å²) in [5.41, 5.74) is 9.38. The summed E-state index contributed by atoms with van der Waals surface area (Å²) in [7, 11) is -2.18. The van der Waals surface area contributed by atoms with Crippen LogP contribution in [-0.2, 0) is 26.2 Å². The van der Waals surface area contributed by atoms with Gasteiger partial charge >= 0.3 is 8.60 Å². The second kappa shape index (κ2) is 20.8. The molecule has 2 aromatic carbocycles. The van der Waals surface area contributed by atoms with E-state index < -0.39 is 8.60 Å².